The van der Waals surface area contributed by atoms with Gasteiger partial charge in [0.2, 0.25) is 5.89 Å². The Bertz CT molecular complexity index is 333. The highest BCUT2D eigenvalue weighted by atomic mass is 16.5. The minimum Gasteiger partial charge on any atom is -0.339 e. The van der Waals surface area contributed by atoms with E-state index in [1.54, 1.807) is 0 Å². The second-order valence-corrected chi connectivity index (χ2v) is 4.85. The molecule has 17 heavy (non-hydrogen) atoms. The van der Waals surface area contributed by atoms with Gasteiger partial charge in [-0.25, -0.2) is 0 Å². The average Bonchev–Trinajstić information content (AvgIpc) is 2.77. The topological polar surface area (TPSA) is 63.0 Å². The molecule has 2 rings (SSSR count). The molecule has 1 fully saturated rings. The molecule has 1 aliphatic rings. The van der Waals surface area contributed by atoms with Crippen molar-refractivity contribution in [1.29, 1.82) is 0 Å². The van der Waals surface area contributed by atoms with Gasteiger partial charge < -0.3 is 15.2 Å². The van der Waals surface area contributed by atoms with Gasteiger partial charge in [-0.15, -0.1) is 0 Å². The van der Waals surface area contributed by atoms with E-state index < -0.39 is 0 Å². The third-order valence-electron chi connectivity index (χ3n) is 3.33. The Morgan fingerprint density at radius 1 is 1.53 bits per heavy atom. The molecule has 0 amide bonds. The van der Waals surface area contributed by atoms with Crippen molar-refractivity contribution in [1.82, 2.24) is 20.8 Å². The maximum absolute atomic E-state index is 5.25. The Kier molecular flexibility index (Phi) is 4.50. The van der Waals surface area contributed by atoms with Crippen molar-refractivity contribution < 1.29 is 4.52 Å². The summed E-state index contributed by atoms with van der Waals surface area (Å²) in [6.45, 7) is 3.22. The van der Waals surface area contributed by atoms with Crippen LogP contribution in [0.3, 0.4) is 0 Å². The summed E-state index contributed by atoms with van der Waals surface area (Å²) in [5.41, 5.74) is 0. The first kappa shape index (κ1) is 12.5. The predicted octanol–water partition coefficient (Wildman–Crippen LogP) is 0.905. The molecule has 0 aliphatic carbocycles. The second-order valence-electron chi connectivity index (χ2n) is 4.85. The van der Waals surface area contributed by atoms with Crippen LogP contribution in [0, 0.1) is 0 Å². The maximum Gasteiger partial charge on any atom is 0.228 e. The number of nitrogens with zero attached hydrogens (tertiary/aromatic N) is 2. The zero-order chi connectivity index (χ0) is 12.1. The Balaban J connectivity index is 1.84. The van der Waals surface area contributed by atoms with E-state index >= 15 is 0 Å². The SMILES string of the molecule is CNC(C)Cc1nc(CC2CCCCN2)no1. The van der Waals surface area contributed by atoms with E-state index in [0.29, 0.717) is 12.1 Å². The molecule has 1 aromatic rings. The van der Waals surface area contributed by atoms with Crippen molar-refractivity contribution in [3.05, 3.63) is 11.7 Å². The molecule has 5 heteroatoms. The smallest absolute Gasteiger partial charge is 0.228 e. The van der Waals surface area contributed by atoms with Gasteiger partial charge in [-0.3, -0.25) is 0 Å². The van der Waals surface area contributed by atoms with E-state index in [1.165, 1.54) is 19.3 Å². The van der Waals surface area contributed by atoms with E-state index in [0.717, 1.165) is 31.1 Å². The van der Waals surface area contributed by atoms with Crippen molar-refractivity contribution in [2.24, 2.45) is 0 Å². The number of piperidine rings is 1. The van der Waals surface area contributed by atoms with Gasteiger partial charge in [-0.1, -0.05) is 11.6 Å². The van der Waals surface area contributed by atoms with Gasteiger partial charge in [0.1, 0.15) is 0 Å². The van der Waals surface area contributed by atoms with Crippen LogP contribution in [0.2, 0.25) is 0 Å². The first-order chi connectivity index (χ1) is 8.28. The summed E-state index contributed by atoms with van der Waals surface area (Å²) in [5, 5.41) is 10.7. The van der Waals surface area contributed by atoms with Gasteiger partial charge in [0.25, 0.3) is 0 Å². The summed E-state index contributed by atoms with van der Waals surface area (Å²) in [5.74, 6) is 1.57. The molecule has 2 atom stereocenters. The molecule has 1 saturated heterocycles. The lowest BCUT2D eigenvalue weighted by molar-refractivity contribution is 0.352. The molecule has 0 radical (unpaired) electrons. The van der Waals surface area contributed by atoms with E-state index in [1.807, 2.05) is 7.05 Å². The van der Waals surface area contributed by atoms with Crippen molar-refractivity contribution in [2.45, 2.75) is 51.1 Å². The van der Waals surface area contributed by atoms with Gasteiger partial charge in [-0.05, 0) is 33.4 Å². The molecule has 5 nitrogen and oxygen atoms in total. The van der Waals surface area contributed by atoms with Crippen LogP contribution >= 0.6 is 0 Å². The van der Waals surface area contributed by atoms with Gasteiger partial charge in [0.05, 0.1) is 0 Å². The van der Waals surface area contributed by atoms with E-state index in [4.69, 9.17) is 4.52 Å². The summed E-state index contributed by atoms with van der Waals surface area (Å²) in [6, 6.07) is 0.895. The molecular formula is C12H22N4O. The number of hydrogen-bond acceptors (Lipinski definition) is 5. The van der Waals surface area contributed by atoms with Crippen molar-refractivity contribution in [2.75, 3.05) is 13.6 Å². The molecule has 0 saturated carbocycles. The standard InChI is InChI=1S/C12H22N4O/c1-9(13-2)7-12-15-11(16-17-12)8-10-5-3-4-6-14-10/h9-10,13-14H,3-8H2,1-2H3. The van der Waals surface area contributed by atoms with Crippen LogP contribution in [0.1, 0.15) is 37.9 Å². The summed E-state index contributed by atoms with van der Waals surface area (Å²) < 4.78 is 5.25. The molecule has 1 aliphatic heterocycles. The summed E-state index contributed by atoms with van der Waals surface area (Å²) in [4.78, 5) is 4.43. The third kappa shape index (κ3) is 3.78. The zero-order valence-electron chi connectivity index (χ0n) is 10.7. The van der Waals surface area contributed by atoms with Crippen molar-refractivity contribution in [3.63, 3.8) is 0 Å². The molecule has 2 N–H and O–H groups in total. The van der Waals surface area contributed by atoms with Crippen LogP contribution < -0.4 is 10.6 Å². The third-order valence-corrected chi connectivity index (χ3v) is 3.33. The van der Waals surface area contributed by atoms with Crippen molar-refractivity contribution in [3.8, 4) is 0 Å². The molecule has 0 bridgehead atoms. The van der Waals surface area contributed by atoms with E-state index in [-0.39, 0.29) is 0 Å². The van der Waals surface area contributed by atoms with Gasteiger partial charge in [0, 0.05) is 24.9 Å². The molecular weight excluding hydrogens is 216 g/mol. The number of aromatic nitrogens is 2. The van der Waals surface area contributed by atoms with E-state index in [2.05, 4.69) is 27.7 Å². The fraction of sp³-hybridized carbons (Fsp3) is 0.833. The minimum absolute atomic E-state index is 0.371. The van der Waals surface area contributed by atoms with Gasteiger partial charge >= 0.3 is 0 Å². The highest BCUT2D eigenvalue weighted by Crippen LogP contribution is 2.11. The largest absolute Gasteiger partial charge is 0.339 e. The average molecular weight is 238 g/mol. The van der Waals surface area contributed by atoms with Crippen LogP contribution in [0.5, 0.6) is 0 Å². The lowest BCUT2D eigenvalue weighted by Crippen LogP contribution is -2.35. The zero-order valence-corrected chi connectivity index (χ0v) is 10.7. The molecule has 0 spiro atoms. The quantitative estimate of drug-likeness (QED) is 0.798. The Morgan fingerprint density at radius 3 is 3.12 bits per heavy atom. The lowest BCUT2D eigenvalue weighted by Gasteiger charge is -2.21. The fourth-order valence-corrected chi connectivity index (χ4v) is 2.14. The Hall–Kier alpha value is -0.940. The highest BCUT2D eigenvalue weighted by molar-refractivity contribution is 4.92. The maximum atomic E-state index is 5.25. The van der Waals surface area contributed by atoms with Gasteiger partial charge in [0.15, 0.2) is 5.82 Å². The van der Waals surface area contributed by atoms with Crippen LogP contribution in [0.4, 0.5) is 0 Å². The monoisotopic (exact) mass is 238 g/mol. The molecule has 2 unspecified atom stereocenters. The molecule has 2 heterocycles. The summed E-state index contributed by atoms with van der Waals surface area (Å²) >= 11 is 0. The first-order valence-electron chi connectivity index (χ1n) is 6.50. The van der Waals surface area contributed by atoms with E-state index in [9.17, 15) is 0 Å². The fourth-order valence-electron chi connectivity index (χ4n) is 2.14. The number of nitrogens with one attached hydrogen (secondary N) is 2. The summed E-state index contributed by atoms with van der Waals surface area (Å²) in [7, 11) is 1.94. The number of hydrogen-bond donors (Lipinski definition) is 2. The highest BCUT2D eigenvalue weighted by Gasteiger charge is 2.17. The minimum atomic E-state index is 0.371. The summed E-state index contributed by atoms with van der Waals surface area (Å²) in [6.07, 6.45) is 5.49. The Morgan fingerprint density at radius 2 is 2.41 bits per heavy atom. The van der Waals surface area contributed by atoms with Crippen LogP contribution in [0.25, 0.3) is 0 Å². The molecule has 1 aromatic heterocycles. The second kappa shape index (κ2) is 6.12. The number of rotatable bonds is 5. The van der Waals surface area contributed by atoms with Gasteiger partial charge in [-0.2, -0.15) is 4.98 Å². The van der Waals surface area contributed by atoms with Crippen LogP contribution in [0.15, 0.2) is 4.52 Å². The van der Waals surface area contributed by atoms with Crippen LogP contribution in [-0.2, 0) is 12.8 Å². The predicted molar refractivity (Wildman–Crippen MR) is 65.9 cm³/mol. The van der Waals surface area contributed by atoms with Crippen LogP contribution in [-0.4, -0.2) is 35.8 Å². The number of likely N-dealkylation sites (N-methyl/N-ethyl adjacent to an activating group) is 1. The molecule has 0 aromatic carbocycles. The lowest BCUT2D eigenvalue weighted by atomic mass is 10.0. The first-order valence-corrected chi connectivity index (χ1v) is 6.50. The molecule has 96 valence electrons. The Labute approximate surface area is 102 Å². The van der Waals surface area contributed by atoms with Crippen molar-refractivity contribution >= 4 is 0 Å². The normalized spacial score (nSPS) is 22.6.